The van der Waals surface area contributed by atoms with Crippen LogP contribution < -0.4 is 9.62 Å². The molecule has 0 N–H and O–H groups in total. The predicted molar refractivity (Wildman–Crippen MR) is 122 cm³/mol. The third kappa shape index (κ3) is 3.74. The lowest BCUT2D eigenvalue weighted by Gasteiger charge is -2.24. The molecule has 1 aliphatic heterocycles. The Labute approximate surface area is 174 Å². The summed E-state index contributed by atoms with van der Waals surface area (Å²) < 4.78 is 0. The number of nitrogens with zero attached hydrogens (tertiary/aromatic N) is 4. The van der Waals surface area contributed by atoms with E-state index in [9.17, 15) is 0 Å². The van der Waals surface area contributed by atoms with E-state index >= 15 is 0 Å². The molecule has 29 heavy (non-hydrogen) atoms. The minimum atomic E-state index is 0.0687. The third-order valence-corrected chi connectivity index (χ3v) is 5.35. The van der Waals surface area contributed by atoms with E-state index in [4.69, 9.17) is 0 Å². The molecule has 2 aromatic heterocycles. The zero-order valence-electron chi connectivity index (χ0n) is 18.1. The number of rotatable bonds is 2. The van der Waals surface area contributed by atoms with Gasteiger partial charge in [-0.15, -0.1) is 0 Å². The quantitative estimate of drug-likeness (QED) is 0.516. The molecule has 4 rings (SSSR count). The molecule has 1 aromatic carbocycles. The highest BCUT2D eigenvalue weighted by Gasteiger charge is 2.32. The molecular weight excluding hydrogens is 355 g/mol. The van der Waals surface area contributed by atoms with Crippen LogP contribution in [0.1, 0.15) is 52.7 Å². The van der Waals surface area contributed by atoms with E-state index in [1.54, 1.807) is 0 Å². The molecule has 147 valence electrons. The number of fused-ring (bicyclic) bond motifs is 1. The van der Waals surface area contributed by atoms with Crippen molar-refractivity contribution < 1.29 is 0 Å². The van der Waals surface area contributed by atoms with E-state index in [-0.39, 0.29) is 10.8 Å². The van der Waals surface area contributed by atoms with Crippen molar-refractivity contribution in [1.29, 1.82) is 0 Å². The topological polar surface area (TPSA) is 32.3 Å². The first-order valence-corrected chi connectivity index (χ1v) is 10.1. The van der Waals surface area contributed by atoms with E-state index in [0.29, 0.717) is 0 Å². The Morgan fingerprint density at radius 2 is 1.07 bits per heavy atom. The fourth-order valence-electron chi connectivity index (χ4n) is 3.51. The van der Waals surface area contributed by atoms with Crippen molar-refractivity contribution in [3.05, 3.63) is 72.1 Å². The second-order valence-electron chi connectivity index (χ2n) is 9.65. The van der Waals surface area contributed by atoms with Gasteiger partial charge in [0.25, 0.3) is 0 Å². The van der Waals surface area contributed by atoms with E-state index in [1.807, 2.05) is 12.4 Å². The number of hydrogen-bond donors (Lipinski definition) is 0. The molecule has 1 aliphatic rings. The van der Waals surface area contributed by atoms with Crippen LogP contribution in [0.25, 0.3) is 0 Å². The number of para-hydroxylation sites is 2. The number of aromatic nitrogens is 2. The van der Waals surface area contributed by atoms with Gasteiger partial charge in [0, 0.05) is 12.4 Å². The Kier molecular flexibility index (Phi) is 4.64. The van der Waals surface area contributed by atoms with Crippen LogP contribution in [-0.4, -0.2) is 17.5 Å². The summed E-state index contributed by atoms with van der Waals surface area (Å²) in [5.74, 6) is 1.83. The highest BCUT2D eigenvalue weighted by atomic mass is 15.3. The Morgan fingerprint density at radius 3 is 1.45 bits per heavy atom. The van der Waals surface area contributed by atoms with Crippen LogP contribution >= 0.6 is 0 Å². The van der Waals surface area contributed by atoms with Crippen LogP contribution in [0.3, 0.4) is 0 Å². The van der Waals surface area contributed by atoms with E-state index < -0.39 is 0 Å². The fourth-order valence-corrected chi connectivity index (χ4v) is 3.51. The Bertz CT molecular complexity index is 951. The van der Waals surface area contributed by atoms with Gasteiger partial charge in [0.2, 0.25) is 0 Å². The molecule has 3 aromatic rings. The normalized spacial score (nSPS) is 14.0. The van der Waals surface area contributed by atoms with Gasteiger partial charge in [-0.1, -0.05) is 53.7 Å². The van der Waals surface area contributed by atoms with Gasteiger partial charge in [0.05, 0.1) is 11.4 Å². The van der Waals surface area contributed by atoms with Crippen molar-refractivity contribution in [3.8, 4) is 0 Å². The summed E-state index contributed by atoms with van der Waals surface area (Å²) in [4.78, 5) is 13.6. The zero-order valence-corrected chi connectivity index (χ0v) is 18.1. The van der Waals surface area contributed by atoms with Crippen LogP contribution in [0.4, 0.5) is 23.0 Å². The molecule has 0 saturated heterocycles. The van der Waals surface area contributed by atoms with Crippen LogP contribution in [-0.2, 0) is 10.8 Å². The fraction of sp³-hybridized carbons (Fsp3) is 0.333. The summed E-state index contributed by atoms with van der Waals surface area (Å²) >= 11 is 0. The van der Waals surface area contributed by atoms with Crippen molar-refractivity contribution >= 4 is 30.6 Å². The van der Waals surface area contributed by atoms with Gasteiger partial charge >= 0.3 is 7.55 Å². The van der Waals surface area contributed by atoms with Gasteiger partial charge in [0.15, 0.2) is 0 Å². The van der Waals surface area contributed by atoms with Crippen LogP contribution in [0.2, 0.25) is 0 Å². The summed E-state index contributed by atoms with van der Waals surface area (Å²) in [5.41, 5.74) is 4.88. The average Bonchev–Trinajstić information content (AvgIpc) is 3.07. The number of hydrogen-bond acceptors (Lipinski definition) is 4. The largest absolute Gasteiger partial charge is 0.403 e. The Morgan fingerprint density at radius 1 is 0.655 bits per heavy atom. The Balaban J connectivity index is 1.76. The van der Waals surface area contributed by atoms with Crippen molar-refractivity contribution in [2.24, 2.45) is 0 Å². The minimum Gasteiger partial charge on any atom is -0.351 e. The van der Waals surface area contributed by atoms with Gasteiger partial charge in [-0.2, -0.15) is 0 Å². The molecule has 0 unspecified atom stereocenters. The maximum atomic E-state index is 4.67. The third-order valence-electron chi connectivity index (χ3n) is 5.35. The molecule has 0 amide bonds. The highest BCUT2D eigenvalue weighted by Crippen LogP contribution is 2.42. The zero-order chi connectivity index (χ0) is 20.8. The van der Waals surface area contributed by atoms with Crippen molar-refractivity contribution in [3.63, 3.8) is 0 Å². The molecule has 4 nitrogen and oxygen atoms in total. The molecule has 0 saturated carbocycles. The summed E-state index contributed by atoms with van der Waals surface area (Å²) in [6.07, 6.45) is 3.79. The summed E-state index contributed by atoms with van der Waals surface area (Å²) in [6, 6.07) is 16.9. The molecule has 5 heteroatoms. The van der Waals surface area contributed by atoms with E-state index in [1.165, 1.54) is 11.1 Å². The van der Waals surface area contributed by atoms with Crippen molar-refractivity contribution in [2.45, 2.75) is 52.4 Å². The van der Waals surface area contributed by atoms with Gasteiger partial charge in [-0.3, -0.25) is 0 Å². The molecule has 0 bridgehead atoms. The summed E-state index contributed by atoms with van der Waals surface area (Å²) in [7, 11) is 2.09. The van der Waals surface area contributed by atoms with Gasteiger partial charge in [-0.25, -0.2) is 9.97 Å². The predicted octanol–water partition coefficient (Wildman–Crippen LogP) is 5.90. The highest BCUT2D eigenvalue weighted by molar-refractivity contribution is 6.54. The van der Waals surface area contributed by atoms with Crippen LogP contribution in [0.15, 0.2) is 60.9 Å². The number of benzene rings is 1. The molecule has 0 atom stereocenters. The van der Waals surface area contributed by atoms with Crippen LogP contribution in [0, 0.1) is 0 Å². The lowest BCUT2D eigenvalue weighted by molar-refractivity contribution is 0.589. The maximum absolute atomic E-state index is 4.67. The van der Waals surface area contributed by atoms with Crippen molar-refractivity contribution in [2.75, 3.05) is 9.62 Å². The smallest absolute Gasteiger partial charge is 0.351 e. The first-order valence-electron chi connectivity index (χ1n) is 10.1. The molecule has 3 heterocycles. The Hall–Kier alpha value is -2.82. The number of anilines is 4. The van der Waals surface area contributed by atoms with Crippen molar-refractivity contribution in [1.82, 2.24) is 9.97 Å². The molecule has 0 aliphatic carbocycles. The summed E-state index contributed by atoms with van der Waals surface area (Å²) in [6.45, 7) is 13.3. The standard InChI is InChI=1S/C24H28BN4/c1-23(2,3)17-11-13-26-21(15-17)28-19-9-7-8-10-20(19)29(25-28)22-16-18(12-14-27-22)24(4,5)6/h7-16H,1-6H3. The maximum Gasteiger partial charge on any atom is 0.403 e. The van der Waals surface area contributed by atoms with Gasteiger partial charge < -0.3 is 9.62 Å². The minimum absolute atomic E-state index is 0.0687. The van der Waals surface area contributed by atoms with Crippen LogP contribution in [0.5, 0.6) is 0 Å². The first-order chi connectivity index (χ1) is 13.6. The number of pyridine rings is 2. The molecule has 0 spiro atoms. The van der Waals surface area contributed by atoms with Gasteiger partial charge in [0.1, 0.15) is 11.6 Å². The average molecular weight is 383 g/mol. The second kappa shape index (κ2) is 6.91. The monoisotopic (exact) mass is 383 g/mol. The lowest BCUT2D eigenvalue weighted by Crippen LogP contribution is -2.30. The SMILES string of the molecule is CC(C)(C)c1ccnc(N2[B]N(c3cc(C(C)(C)C)ccn3)c3ccccc32)c1. The molecular formula is C24H28BN4. The van der Waals surface area contributed by atoms with Gasteiger partial charge in [-0.05, 0) is 58.4 Å². The molecule has 1 radical (unpaired) electrons. The first kappa shape index (κ1) is 19.5. The molecule has 0 fully saturated rings. The second-order valence-corrected chi connectivity index (χ2v) is 9.65. The summed E-state index contributed by atoms with van der Waals surface area (Å²) in [5, 5.41) is 0. The van der Waals surface area contributed by atoms with E-state index in [0.717, 1.165) is 23.0 Å². The van der Waals surface area contributed by atoms with E-state index in [2.05, 4.69) is 117 Å². The lowest BCUT2D eigenvalue weighted by atomic mass is 9.87.